The predicted octanol–water partition coefficient (Wildman–Crippen LogP) is 2.04. The van der Waals surface area contributed by atoms with E-state index in [2.05, 4.69) is 10.6 Å². The van der Waals surface area contributed by atoms with Crippen molar-refractivity contribution in [1.29, 1.82) is 0 Å². The summed E-state index contributed by atoms with van der Waals surface area (Å²) in [5.41, 5.74) is 1.59. The summed E-state index contributed by atoms with van der Waals surface area (Å²) < 4.78 is 5.15. The summed E-state index contributed by atoms with van der Waals surface area (Å²) >= 11 is 0. The van der Waals surface area contributed by atoms with Gasteiger partial charge in [-0.2, -0.15) is 0 Å². The number of rotatable bonds is 5. The fraction of sp³-hybridized carbons (Fsp3) is 0.500. The minimum atomic E-state index is -1.06. The number of esters is 1. The molecule has 1 aromatic rings. The van der Waals surface area contributed by atoms with E-state index >= 15 is 0 Å². The van der Waals surface area contributed by atoms with Crippen molar-refractivity contribution in [3.05, 3.63) is 29.3 Å². The molecule has 1 spiro atoms. The number of nitrogens with zero attached hydrogens (tertiary/aromatic N) is 1. The van der Waals surface area contributed by atoms with Gasteiger partial charge in [-0.05, 0) is 44.7 Å². The lowest BCUT2D eigenvalue weighted by Gasteiger charge is -2.20. The molecule has 8 nitrogen and oxygen atoms in total. The van der Waals surface area contributed by atoms with Crippen molar-refractivity contribution in [2.24, 2.45) is 0 Å². The van der Waals surface area contributed by atoms with Gasteiger partial charge < -0.3 is 15.4 Å². The first-order valence-electron chi connectivity index (χ1n) is 9.44. The Hall–Kier alpha value is -2.90. The Kier molecular flexibility index (Phi) is 5.40. The number of benzene rings is 1. The molecule has 4 amide bonds. The molecule has 2 N–H and O–H groups in total. The molecular weight excluding hydrogens is 362 g/mol. The van der Waals surface area contributed by atoms with E-state index in [0.29, 0.717) is 18.5 Å². The Balaban J connectivity index is 1.58. The minimum Gasteiger partial charge on any atom is -0.451 e. The smallest absolute Gasteiger partial charge is 0.327 e. The van der Waals surface area contributed by atoms with Crippen LogP contribution in [-0.4, -0.2) is 46.9 Å². The summed E-state index contributed by atoms with van der Waals surface area (Å²) in [6.07, 6.45) is 1.82. The zero-order valence-electron chi connectivity index (χ0n) is 16.3. The summed E-state index contributed by atoms with van der Waals surface area (Å²) in [6, 6.07) is 5.04. The fourth-order valence-corrected chi connectivity index (χ4v) is 3.79. The summed E-state index contributed by atoms with van der Waals surface area (Å²) in [5, 5.41) is 5.46. The van der Waals surface area contributed by atoms with Gasteiger partial charge in [0.2, 0.25) is 0 Å². The van der Waals surface area contributed by atoms with Crippen LogP contribution >= 0.6 is 0 Å². The maximum absolute atomic E-state index is 12.6. The van der Waals surface area contributed by atoms with Gasteiger partial charge in [-0.15, -0.1) is 0 Å². The van der Waals surface area contributed by atoms with E-state index in [0.717, 1.165) is 28.9 Å². The number of urea groups is 1. The van der Waals surface area contributed by atoms with Crippen LogP contribution in [0.15, 0.2) is 18.2 Å². The first-order chi connectivity index (χ1) is 13.2. The molecular formula is C20H25N3O5. The van der Waals surface area contributed by atoms with Crippen LogP contribution in [-0.2, 0) is 19.1 Å². The minimum absolute atomic E-state index is 0.389. The third-order valence-corrected chi connectivity index (χ3v) is 5.40. The lowest BCUT2D eigenvalue weighted by molar-refractivity contribution is -0.155. The van der Waals surface area contributed by atoms with Crippen LogP contribution in [0.2, 0.25) is 0 Å². The van der Waals surface area contributed by atoms with Crippen molar-refractivity contribution in [3.63, 3.8) is 0 Å². The Labute approximate surface area is 163 Å². The Bertz CT molecular complexity index is 809. The van der Waals surface area contributed by atoms with Crippen molar-refractivity contribution < 1.29 is 23.9 Å². The Morgan fingerprint density at radius 3 is 2.43 bits per heavy atom. The molecule has 1 atom stereocenters. The number of hydrogen-bond acceptors (Lipinski definition) is 5. The summed E-state index contributed by atoms with van der Waals surface area (Å²) in [7, 11) is 0. The zero-order valence-corrected chi connectivity index (χ0v) is 16.3. The maximum atomic E-state index is 12.6. The SMILES string of the molecule is Cc1cccc(C)c1NC(=O)[C@H](C)OC(=O)CN1C(=O)NC2(CCCC2)C1=O. The predicted molar refractivity (Wildman–Crippen MR) is 102 cm³/mol. The van der Waals surface area contributed by atoms with E-state index in [1.807, 2.05) is 32.0 Å². The number of nitrogens with one attached hydrogen (secondary N) is 2. The van der Waals surface area contributed by atoms with Crippen molar-refractivity contribution in [2.45, 2.75) is 58.1 Å². The molecule has 1 aromatic carbocycles. The average Bonchev–Trinajstić information content (AvgIpc) is 3.19. The highest BCUT2D eigenvalue weighted by Crippen LogP contribution is 2.34. The van der Waals surface area contributed by atoms with Gasteiger partial charge >= 0.3 is 12.0 Å². The highest BCUT2D eigenvalue weighted by atomic mass is 16.5. The molecule has 1 saturated heterocycles. The second kappa shape index (κ2) is 7.61. The van der Waals surface area contributed by atoms with E-state index in [9.17, 15) is 19.2 Å². The number of ether oxygens (including phenoxy) is 1. The maximum Gasteiger partial charge on any atom is 0.327 e. The number of imide groups is 1. The van der Waals surface area contributed by atoms with Gasteiger partial charge in [0.05, 0.1) is 0 Å². The Morgan fingerprint density at radius 1 is 1.21 bits per heavy atom. The summed E-state index contributed by atoms with van der Waals surface area (Å²) in [5.74, 6) is -1.67. The molecule has 2 fully saturated rings. The third-order valence-electron chi connectivity index (χ3n) is 5.40. The van der Waals surface area contributed by atoms with Crippen LogP contribution < -0.4 is 10.6 Å². The number of carbonyl (C=O) groups is 4. The van der Waals surface area contributed by atoms with Crippen molar-refractivity contribution >= 4 is 29.5 Å². The van der Waals surface area contributed by atoms with Crippen LogP contribution in [0.25, 0.3) is 0 Å². The van der Waals surface area contributed by atoms with Gasteiger partial charge in [-0.1, -0.05) is 31.0 Å². The normalized spacial score (nSPS) is 18.9. The molecule has 0 aromatic heterocycles. The topological polar surface area (TPSA) is 105 Å². The van der Waals surface area contributed by atoms with Crippen LogP contribution in [0.1, 0.15) is 43.7 Å². The molecule has 0 radical (unpaired) electrons. The highest BCUT2D eigenvalue weighted by molar-refractivity contribution is 6.09. The molecule has 0 bridgehead atoms. The highest BCUT2D eigenvalue weighted by Gasteiger charge is 2.52. The van der Waals surface area contributed by atoms with Crippen LogP contribution in [0.4, 0.5) is 10.5 Å². The molecule has 8 heteroatoms. The molecule has 1 saturated carbocycles. The van der Waals surface area contributed by atoms with E-state index in [1.165, 1.54) is 6.92 Å². The molecule has 2 aliphatic rings. The van der Waals surface area contributed by atoms with Gasteiger partial charge in [0.15, 0.2) is 6.10 Å². The van der Waals surface area contributed by atoms with E-state index in [-0.39, 0.29) is 5.91 Å². The second-order valence-electron chi connectivity index (χ2n) is 7.50. The fourth-order valence-electron chi connectivity index (χ4n) is 3.79. The lowest BCUT2D eigenvalue weighted by Crippen LogP contribution is -2.44. The van der Waals surface area contributed by atoms with Gasteiger partial charge in [0, 0.05) is 5.69 Å². The van der Waals surface area contributed by atoms with Gasteiger partial charge in [-0.3, -0.25) is 19.3 Å². The van der Waals surface area contributed by atoms with Gasteiger partial charge in [-0.25, -0.2) is 4.79 Å². The lowest BCUT2D eigenvalue weighted by atomic mass is 9.98. The first-order valence-corrected chi connectivity index (χ1v) is 9.44. The molecule has 0 unspecified atom stereocenters. The van der Waals surface area contributed by atoms with E-state index in [4.69, 9.17) is 4.74 Å². The third kappa shape index (κ3) is 3.72. The zero-order chi connectivity index (χ0) is 20.5. The van der Waals surface area contributed by atoms with Crippen molar-refractivity contribution in [1.82, 2.24) is 10.2 Å². The number of para-hydroxylation sites is 1. The Morgan fingerprint density at radius 2 is 1.82 bits per heavy atom. The quantitative estimate of drug-likeness (QED) is 0.594. The first kappa shape index (κ1) is 19.9. The molecule has 1 aliphatic carbocycles. The molecule has 1 aliphatic heterocycles. The number of carbonyl (C=O) groups excluding carboxylic acids is 4. The van der Waals surface area contributed by atoms with Crippen LogP contribution in [0.5, 0.6) is 0 Å². The second-order valence-corrected chi connectivity index (χ2v) is 7.50. The van der Waals surface area contributed by atoms with Gasteiger partial charge in [0.1, 0.15) is 12.1 Å². The molecule has 1 heterocycles. The number of aryl methyl sites for hydroxylation is 2. The monoisotopic (exact) mass is 387 g/mol. The number of amides is 4. The average molecular weight is 387 g/mol. The van der Waals surface area contributed by atoms with E-state index in [1.54, 1.807) is 0 Å². The summed E-state index contributed by atoms with van der Waals surface area (Å²) in [6.45, 7) is 4.68. The molecule has 3 rings (SSSR count). The van der Waals surface area contributed by atoms with Crippen molar-refractivity contribution in [2.75, 3.05) is 11.9 Å². The van der Waals surface area contributed by atoms with Crippen LogP contribution in [0, 0.1) is 13.8 Å². The molecule has 28 heavy (non-hydrogen) atoms. The van der Waals surface area contributed by atoms with E-state index < -0.39 is 36.1 Å². The van der Waals surface area contributed by atoms with Crippen LogP contribution in [0.3, 0.4) is 0 Å². The molecule has 150 valence electrons. The van der Waals surface area contributed by atoms with Crippen molar-refractivity contribution in [3.8, 4) is 0 Å². The number of anilines is 1. The van der Waals surface area contributed by atoms with Gasteiger partial charge in [0.25, 0.3) is 11.8 Å². The largest absolute Gasteiger partial charge is 0.451 e. The summed E-state index contributed by atoms with van der Waals surface area (Å²) in [4.78, 5) is 50.2. The standard InChI is InChI=1S/C20H25N3O5/c1-12-7-6-8-13(2)16(12)21-17(25)14(3)28-15(24)11-23-18(26)20(22-19(23)27)9-4-5-10-20/h6-8,14H,4-5,9-11H2,1-3H3,(H,21,25)(H,22,27)/t14-/m0/s1. The number of hydrogen-bond donors (Lipinski definition) is 2.